The molecule has 1 aliphatic rings. The minimum Gasteiger partial charge on any atom is -0.397 e. The maximum Gasteiger partial charge on any atom is 0.274 e. The third kappa shape index (κ3) is 2.51. The van der Waals surface area contributed by atoms with Gasteiger partial charge in [0.1, 0.15) is 0 Å². The lowest BCUT2D eigenvalue weighted by molar-refractivity contribution is 0.0727. The number of para-hydroxylation sites is 2. The van der Waals surface area contributed by atoms with Gasteiger partial charge in [-0.05, 0) is 37.5 Å². The van der Waals surface area contributed by atoms with Crippen LogP contribution in [0, 0.1) is 0 Å². The van der Waals surface area contributed by atoms with E-state index in [4.69, 9.17) is 5.73 Å². The molecule has 2 N–H and O–H groups in total. The molecule has 0 bridgehead atoms. The number of carbonyl (C=O) groups is 1. The highest BCUT2D eigenvalue weighted by molar-refractivity contribution is 5.92. The van der Waals surface area contributed by atoms with Gasteiger partial charge in [-0.3, -0.25) is 4.79 Å². The number of aromatic nitrogens is 2. The summed E-state index contributed by atoms with van der Waals surface area (Å²) in [5.41, 5.74) is 7.87. The van der Waals surface area contributed by atoms with E-state index in [2.05, 4.69) is 12.0 Å². The Balaban J connectivity index is 1.85. The zero-order valence-corrected chi connectivity index (χ0v) is 12.2. The van der Waals surface area contributed by atoms with Crippen molar-refractivity contribution < 1.29 is 4.79 Å². The minimum atomic E-state index is 0.0209. The molecule has 2 heterocycles. The average Bonchev–Trinajstić information content (AvgIpc) is 3.16. The Labute approximate surface area is 124 Å². The molecular weight excluding hydrogens is 264 g/mol. The van der Waals surface area contributed by atoms with Crippen LogP contribution < -0.4 is 5.73 Å². The number of likely N-dealkylation sites (tertiary alicyclic amines) is 1. The van der Waals surface area contributed by atoms with Crippen LogP contribution in [0.4, 0.5) is 5.69 Å². The smallest absolute Gasteiger partial charge is 0.274 e. The van der Waals surface area contributed by atoms with Gasteiger partial charge in [0.2, 0.25) is 0 Å². The number of rotatable bonds is 3. The maximum absolute atomic E-state index is 12.6. The molecule has 2 aromatic rings. The zero-order valence-electron chi connectivity index (χ0n) is 12.2. The SMILES string of the molecule is CCC1CCCN1C(=O)c1ccn(-c2ccccc2N)n1. The second-order valence-corrected chi connectivity index (χ2v) is 5.41. The van der Waals surface area contributed by atoms with E-state index < -0.39 is 0 Å². The van der Waals surface area contributed by atoms with E-state index >= 15 is 0 Å². The summed E-state index contributed by atoms with van der Waals surface area (Å²) in [7, 11) is 0. The molecule has 1 atom stereocenters. The van der Waals surface area contributed by atoms with E-state index in [0.29, 0.717) is 17.4 Å². The van der Waals surface area contributed by atoms with E-state index in [-0.39, 0.29) is 5.91 Å². The van der Waals surface area contributed by atoms with Crippen LogP contribution in [0.3, 0.4) is 0 Å². The Morgan fingerprint density at radius 3 is 2.95 bits per heavy atom. The van der Waals surface area contributed by atoms with Gasteiger partial charge in [0, 0.05) is 18.8 Å². The van der Waals surface area contributed by atoms with Gasteiger partial charge in [0.15, 0.2) is 5.69 Å². The molecule has 5 nitrogen and oxygen atoms in total. The number of hydrogen-bond donors (Lipinski definition) is 1. The van der Waals surface area contributed by atoms with E-state index in [1.807, 2.05) is 29.2 Å². The molecule has 0 aliphatic carbocycles. The lowest BCUT2D eigenvalue weighted by atomic mass is 10.1. The number of nitrogens with two attached hydrogens (primary N) is 1. The van der Waals surface area contributed by atoms with Crippen molar-refractivity contribution in [3.8, 4) is 5.69 Å². The highest BCUT2D eigenvalue weighted by atomic mass is 16.2. The molecule has 1 aliphatic heterocycles. The largest absolute Gasteiger partial charge is 0.397 e. The first-order valence-electron chi connectivity index (χ1n) is 7.42. The van der Waals surface area contributed by atoms with Gasteiger partial charge in [0.25, 0.3) is 5.91 Å². The molecule has 0 radical (unpaired) electrons. The maximum atomic E-state index is 12.6. The zero-order chi connectivity index (χ0) is 14.8. The van der Waals surface area contributed by atoms with E-state index in [1.165, 1.54) is 0 Å². The molecule has 3 rings (SSSR count). The Kier molecular flexibility index (Phi) is 3.64. The fraction of sp³-hybridized carbons (Fsp3) is 0.375. The summed E-state index contributed by atoms with van der Waals surface area (Å²) in [5, 5.41) is 4.40. The number of benzene rings is 1. The number of anilines is 1. The molecule has 5 heteroatoms. The lowest BCUT2D eigenvalue weighted by Gasteiger charge is -2.22. The summed E-state index contributed by atoms with van der Waals surface area (Å²) in [6.45, 7) is 2.96. The van der Waals surface area contributed by atoms with Crippen molar-refractivity contribution in [2.45, 2.75) is 32.2 Å². The van der Waals surface area contributed by atoms with Crippen LogP contribution in [-0.2, 0) is 0 Å². The third-order valence-corrected chi connectivity index (χ3v) is 4.10. The van der Waals surface area contributed by atoms with Crippen LogP contribution in [0.25, 0.3) is 5.69 Å². The van der Waals surface area contributed by atoms with Crippen LogP contribution in [0.1, 0.15) is 36.7 Å². The van der Waals surface area contributed by atoms with Gasteiger partial charge < -0.3 is 10.6 Å². The minimum absolute atomic E-state index is 0.0209. The van der Waals surface area contributed by atoms with Crippen molar-refractivity contribution in [2.24, 2.45) is 0 Å². The van der Waals surface area contributed by atoms with Gasteiger partial charge in [-0.1, -0.05) is 19.1 Å². The molecule has 1 unspecified atom stereocenters. The van der Waals surface area contributed by atoms with Gasteiger partial charge in [-0.15, -0.1) is 0 Å². The van der Waals surface area contributed by atoms with Crippen molar-refractivity contribution in [3.05, 3.63) is 42.2 Å². The van der Waals surface area contributed by atoms with E-state index in [1.54, 1.807) is 16.9 Å². The Morgan fingerprint density at radius 1 is 1.38 bits per heavy atom. The Bertz CT molecular complexity index is 649. The summed E-state index contributed by atoms with van der Waals surface area (Å²) in [5.74, 6) is 0.0209. The third-order valence-electron chi connectivity index (χ3n) is 4.10. The first-order chi connectivity index (χ1) is 10.2. The number of nitrogen functional groups attached to an aromatic ring is 1. The predicted octanol–water partition coefficient (Wildman–Crippen LogP) is 2.47. The Morgan fingerprint density at radius 2 is 2.19 bits per heavy atom. The first kappa shape index (κ1) is 13.7. The molecule has 1 saturated heterocycles. The fourth-order valence-corrected chi connectivity index (χ4v) is 2.94. The molecule has 0 spiro atoms. The van der Waals surface area contributed by atoms with Crippen molar-refractivity contribution in [1.29, 1.82) is 0 Å². The molecular formula is C16H20N4O. The van der Waals surface area contributed by atoms with Crippen LogP contribution in [-0.4, -0.2) is 33.2 Å². The Hall–Kier alpha value is -2.30. The standard InChI is InChI=1S/C16H20N4O/c1-2-12-6-5-10-19(12)16(21)14-9-11-20(18-14)15-8-4-3-7-13(15)17/h3-4,7-9,11-12H,2,5-6,10,17H2,1H3. The highest BCUT2D eigenvalue weighted by Crippen LogP contribution is 2.22. The van der Waals surface area contributed by atoms with Crippen molar-refractivity contribution in [3.63, 3.8) is 0 Å². The van der Waals surface area contributed by atoms with Gasteiger partial charge in [-0.25, -0.2) is 4.68 Å². The van der Waals surface area contributed by atoms with Crippen molar-refractivity contribution in [1.82, 2.24) is 14.7 Å². The average molecular weight is 284 g/mol. The first-order valence-corrected chi connectivity index (χ1v) is 7.42. The molecule has 1 fully saturated rings. The van der Waals surface area contributed by atoms with Gasteiger partial charge in [-0.2, -0.15) is 5.10 Å². The van der Waals surface area contributed by atoms with Crippen LogP contribution in [0.2, 0.25) is 0 Å². The highest BCUT2D eigenvalue weighted by Gasteiger charge is 2.29. The number of carbonyl (C=O) groups excluding carboxylic acids is 1. The monoisotopic (exact) mass is 284 g/mol. The van der Waals surface area contributed by atoms with Gasteiger partial charge in [0.05, 0.1) is 11.4 Å². The molecule has 0 saturated carbocycles. The molecule has 1 aromatic heterocycles. The second kappa shape index (κ2) is 5.60. The summed E-state index contributed by atoms with van der Waals surface area (Å²) in [6.07, 6.45) is 4.96. The van der Waals surface area contributed by atoms with E-state index in [0.717, 1.165) is 31.5 Å². The van der Waals surface area contributed by atoms with Gasteiger partial charge >= 0.3 is 0 Å². The second-order valence-electron chi connectivity index (χ2n) is 5.41. The summed E-state index contributed by atoms with van der Waals surface area (Å²) >= 11 is 0. The normalized spacial score (nSPS) is 18.1. The number of amides is 1. The quantitative estimate of drug-likeness (QED) is 0.881. The molecule has 21 heavy (non-hydrogen) atoms. The van der Waals surface area contributed by atoms with Crippen LogP contribution in [0.15, 0.2) is 36.5 Å². The molecule has 1 aromatic carbocycles. The summed E-state index contributed by atoms with van der Waals surface area (Å²) in [4.78, 5) is 14.5. The molecule has 1 amide bonds. The summed E-state index contributed by atoms with van der Waals surface area (Å²) in [6, 6.07) is 9.62. The molecule has 110 valence electrons. The number of nitrogens with zero attached hydrogens (tertiary/aromatic N) is 3. The fourth-order valence-electron chi connectivity index (χ4n) is 2.94. The van der Waals surface area contributed by atoms with Crippen molar-refractivity contribution >= 4 is 11.6 Å². The predicted molar refractivity (Wildman–Crippen MR) is 82.3 cm³/mol. The van der Waals surface area contributed by atoms with E-state index in [9.17, 15) is 4.79 Å². The lowest BCUT2D eigenvalue weighted by Crippen LogP contribution is -2.35. The van der Waals surface area contributed by atoms with Crippen LogP contribution in [0.5, 0.6) is 0 Å². The van der Waals surface area contributed by atoms with Crippen LogP contribution >= 0.6 is 0 Å². The van der Waals surface area contributed by atoms with Crippen molar-refractivity contribution in [2.75, 3.05) is 12.3 Å². The topological polar surface area (TPSA) is 64.2 Å². The number of hydrogen-bond acceptors (Lipinski definition) is 3. The summed E-state index contributed by atoms with van der Waals surface area (Å²) < 4.78 is 1.67.